The van der Waals surface area contributed by atoms with Crippen LogP contribution >= 0.6 is 45.3 Å². The average Bonchev–Trinajstić information content (AvgIpc) is 1.69. The maximum Gasteiger partial charge on any atom is 0.224 e. The molecule has 12 rings (SSSR count). The molecule has 5 amide bonds. The third-order valence-electron chi connectivity index (χ3n) is 27.8. The predicted octanol–water partition coefficient (Wildman–Crippen LogP) is 22.7. The Morgan fingerprint density at radius 3 is 0.824 bits per heavy atom. The van der Waals surface area contributed by atoms with Crippen molar-refractivity contribution >= 4 is 156 Å². The van der Waals surface area contributed by atoms with Gasteiger partial charge in [0, 0.05) is 121 Å². The van der Waals surface area contributed by atoms with Crippen molar-refractivity contribution in [2.24, 2.45) is 47.3 Å². The van der Waals surface area contributed by atoms with Crippen molar-refractivity contribution in [2.75, 3.05) is 7.05 Å². The van der Waals surface area contributed by atoms with Crippen molar-refractivity contribution in [1.82, 2.24) is 46.5 Å². The van der Waals surface area contributed by atoms with E-state index in [1.54, 1.807) is 52.4 Å². The fourth-order valence-electron chi connectivity index (χ4n) is 19.6. The monoisotopic (exact) mass is 1930 g/mol. The number of nitrogens with zero attached hydrogens (tertiary/aromatic N) is 4. The summed E-state index contributed by atoms with van der Waals surface area (Å²) in [6, 6.07) is 25.0. The number of fused-ring (bicyclic) bond motifs is 4. The molecule has 4 saturated carbocycles. The molecule has 0 saturated heterocycles. The van der Waals surface area contributed by atoms with Crippen molar-refractivity contribution in [3.63, 3.8) is 0 Å². The van der Waals surface area contributed by atoms with Crippen molar-refractivity contribution < 1.29 is 57.5 Å². The maximum absolute atomic E-state index is 13.6. The number of carbonyl (C=O) groups excluding carboxylic acids is 12. The maximum atomic E-state index is 13.6. The molecule has 4 aromatic heterocycles. The Morgan fingerprint density at radius 2 is 0.596 bits per heavy atom. The van der Waals surface area contributed by atoms with E-state index < -0.39 is 23.7 Å². The largest absolute Gasteiger partial charge is 0.359 e. The molecule has 4 aromatic carbocycles. The molecule has 0 radical (unpaired) electrons. The number of aromatic nitrogens is 4. The Kier molecular flexibility index (Phi) is 47.2. The predicted molar refractivity (Wildman–Crippen MR) is 555 cm³/mol. The fourth-order valence-corrected chi connectivity index (χ4v) is 24.0. The molecule has 4 fully saturated rings. The molecule has 0 aliphatic heterocycles. The second-order valence-corrected chi connectivity index (χ2v) is 42.4. The number of allylic oxidation sites excluding steroid dienone is 4. The van der Waals surface area contributed by atoms with Gasteiger partial charge in [-0.1, -0.05) is 169 Å². The number of amides is 5. The van der Waals surface area contributed by atoms with E-state index in [2.05, 4.69) is 129 Å². The number of carbonyl (C=O) groups is 12. The minimum Gasteiger partial charge on any atom is -0.359 e. The molecule has 736 valence electrons. The summed E-state index contributed by atoms with van der Waals surface area (Å²) < 4.78 is 4.48. The Bertz CT molecular complexity index is 5160. The van der Waals surface area contributed by atoms with Crippen molar-refractivity contribution in [3.05, 3.63) is 166 Å². The standard InChI is InChI=1S/C29H40N2O3S.C28H38N2O3S.C27H37N3O3S.C27H36N2O3S/c1-4-10-24(33)18-22(19-28-30-26-15-13-20(5-2)17-27(26)35-28)29(34)31-25(16-14-23(32)6-3)21-11-8-7-9-12-21;1-4-19-12-14-25-26(16-19)34-27(29-25)18-21(17-23(32)6-3)28(33)30-24(15-13-22(31)5-2)20-10-8-7-9-11-20;1-4-18-11-13-23-24(15-18)34-26(29-23)17-20(16-25(32)28-3)27(33)30-22(14-12-21(31)5-2)19-9-7-6-8-10-19;1-4-19-11-13-24-25(16-19)33-26(28-24)17-21(15-18(3)30)27(32)29-23(14-12-22(31)5-2)20-9-7-6-8-10-20/h6,13,15,17,21-22,25H,3-5,7-12,14,16,18-19H2,1-2H3,(H,31,34);5,12,14,16,20-21,24H,2,4,6-11,13,15,17-18H2,1,3H3,(H,30,33);5,11,13,15,19-20,22H,2,4,6-10,12,14,16-17H2,1,3H3,(H,28,32)(H,30,33);5,11,13,16,20-21,23H,2,4,6-10,12,14-15,17H2,1,3H3,(H,29,32)/t22-,25+;21-,24+;20-,22+;21-,23+/m0000/s1. The number of benzene rings is 4. The number of hydrogen-bond acceptors (Lipinski definition) is 20. The van der Waals surface area contributed by atoms with Gasteiger partial charge in [0.05, 0.1) is 84.6 Å². The minimum absolute atomic E-state index is 0.000539. The quantitative estimate of drug-likeness (QED) is 0.0221. The van der Waals surface area contributed by atoms with Gasteiger partial charge >= 0.3 is 0 Å². The van der Waals surface area contributed by atoms with Crippen LogP contribution in [-0.4, -0.2) is 121 Å². The van der Waals surface area contributed by atoms with Gasteiger partial charge in [-0.25, -0.2) is 19.9 Å². The highest BCUT2D eigenvalue weighted by Crippen LogP contribution is 2.37. The number of aryl methyl sites for hydroxylation is 4. The summed E-state index contributed by atoms with van der Waals surface area (Å²) in [4.78, 5) is 170. The second-order valence-electron chi connectivity index (χ2n) is 37.9. The first-order valence-corrected chi connectivity index (χ1v) is 54.0. The van der Waals surface area contributed by atoms with E-state index in [1.807, 2.05) is 38.1 Å². The number of ketones is 7. The molecule has 136 heavy (non-hydrogen) atoms. The normalized spacial score (nSPS) is 16.1. The van der Waals surface area contributed by atoms with E-state index in [0.717, 1.165) is 196 Å². The Hall–Kier alpha value is -9.56. The van der Waals surface area contributed by atoms with Crippen LogP contribution < -0.4 is 26.6 Å². The number of Topliss-reactive ketones (excluding diaryl/α,β-unsaturated/α-hetero) is 3. The lowest BCUT2D eigenvalue weighted by atomic mass is 9.81. The van der Waals surface area contributed by atoms with Crippen LogP contribution in [-0.2, 0) is 109 Å². The van der Waals surface area contributed by atoms with Crippen LogP contribution in [0.25, 0.3) is 40.9 Å². The van der Waals surface area contributed by atoms with Crippen molar-refractivity contribution in [1.29, 1.82) is 0 Å². The lowest BCUT2D eigenvalue weighted by molar-refractivity contribution is -0.131. The van der Waals surface area contributed by atoms with E-state index >= 15 is 0 Å². The van der Waals surface area contributed by atoms with Gasteiger partial charge in [-0.15, -0.1) is 45.3 Å². The van der Waals surface area contributed by atoms with Gasteiger partial charge in [-0.2, -0.15) is 0 Å². The van der Waals surface area contributed by atoms with Gasteiger partial charge in [-0.3, -0.25) is 52.7 Å². The van der Waals surface area contributed by atoms with Crippen LogP contribution in [0.3, 0.4) is 0 Å². The average molecular weight is 1930 g/mol. The number of hydrogen-bond donors (Lipinski definition) is 5. The highest BCUT2D eigenvalue weighted by Gasteiger charge is 2.36. The van der Waals surface area contributed by atoms with Gasteiger partial charge in [-0.05, 0) is 235 Å². The number of thiazole rings is 4. The molecule has 5 N–H and O–H groups in total. The Balaban J connectivity index is 0.000000203. The highest BCUT2D eigenvalue weighted by atomic mass is 32.1. The van der Waals surface area contributed by atoms with Gasteiger partial charge in [0.1, 0.15) is 17.3 Å². The molecule has 0 unspecified atom stereocenters. The number of nitrogens with one attached hydrogen (secondary N) is 5. The van der Waals surface area contributed by atoms with E-state index in [0.29, 0.717) is 114 Å². The molecule has 4 aliphatic rings. The first kappa shape index (κ1) is 110. The first-order chi connectivity index (χ1) is 65.7. The summed E-state index contributed by atoms with van der Waals surface area (Å²) >= 11 is 6.43. The summed E-state index contributed by atoms with van der Waals surface area (Å²) in [5.41, 5.74) is 8.82. The van der Waals surface area contributed by atoms with Crippen LogP contribution in [0, 0.1) is 47.3 Å². The zero-order chi connectivity index (χ0) is 98.0. The molecule has 21 nitrogen and oxygen atoms in total. The van der Waals surface area contributed by atoms with Crippen LogP contribution in [0.15, 0.2) is 123 Å². The van der Waals surface area contributed by atoms with Gasteiger partial charge in [0.15, 0.2) is 23.1 Å². The molecular formula is C111H151N9O12S4. The lowest BCUT2D eigenvalue weighted by Crippen LogP contribution is -2.45. The SMILES string of the molecule is C=CC(=O)CC[C@@H](NC(=O)[C@@H](CC(=O)CC)Cc1nc2ccc(CC)cc2s1)C1CCCCC1.C=CC(=O)CC[C@@H](NC(=O)[C@@H](CC(=O)CCC)Cc1nc2ccc(CC)cc2s1)C1CCCCC1.C=CC(=O)CC[C@@H](NC(=O)[C@@H](CC(=O)NC)Cc1nc2ccc(CC)cc2s1)C1CCCCC1.C=CC(=O)CC[C@@H](NC(=O)[C@@H](CC(C)=O)Cc1nc2ccc(CC)cc2s1)C1CCCCC1. The summed E-state index contributed by atoms with van der Waals surface area (Å²) in [5, 5.41) is 19.2. The summed E-state index contributed by atoms with van der Waals surface area (Å²) in [6.45, 7) is 28.2. The van der Waals surface area contributed by atoms with E-state index in [-0.39, 0.29) is 120 Å². The molecule has 4 aliphatic carbocycles. The first-order valence-electron chi connectivity index (χ1n) is 50.8. The van der Waals surface area contributed by atoms with Gasteiger partial charge in [0.2, 0.25) is 29.5 Å². The van der Waals surface area contributed by atoms with Crippen LogP contribution in [0.2, 0.25) is 0 Å². The van der Waals surface area contributed by atoms with Crippen LogP contribution in [0.4, 0.5) is 0 Å². The van der Waals surface area contributed by atoms with E-state index in [4.69, 9.17) is 19.9 Å². The summed E-state index contributed by atoms with van der Waals surface area (Å²) in [6.07, 6.45) is 40.3. The van der Waals surface area contributed by atoms with Crippen LogP contribution in [0.5, 0.6) is 0 Å². The zero-order valence-electron chi connectivity index (χ0n) is 82.2. The van der Waals surface area contributed by atoms with Crippen molar-refractivity contribution in [3.8, 4) is 0 Å². The number of rotatable bonds is 51. The van der Waals surface area contributed by atoms with Gasteiger partial charge < -0.3 is 31.4 Å². The smallest absolute Gasteiger partial charge is 0.224 e. The molecule has 4 heterocycles. The summed E-state index contributed by atoms with van der Waals surface area (Å²) in [7, 11) is 1.59. The molecule has 0 bridgehead atoms. The minimum atomic E-state index is -0.507. The molecule has 8 aromatic rings. The zero-order valence-corrected chi connectivity index (χ0v) is 85.5. The topological polar surface area (TPSA) is 317 Å². The van der Waals surface area contributed by atoms with Gasteiger partial charge in [0.25, 0.3) is 0 Å². The van der Waals surface area contributed by atoms with Crippen molar-refractivity contribution in [2.45, 2.75) is 349 Å². The molecule has 25 heteroatoms. The van der Waals surface area contributed by atoms with E-state index in [9.17, 15) is 57.5 Å². The Labute approximate surface area is 823 Å². The molecule has 8 atom stereocenters. The molecule has 0 spiro atoms. The third kappa shape index (κ3) is 36.0. The molecular weight excluding hydrogens is 1780 g/mol. The highest BCUT2D eigenvalue weighted by molar-refractivity contribution is 7.19. The van der Waals surface area contributed by atoms with Crippen LogP contribution in [0.1, 0.15) is 315 Å². The third-order valence-corrected chi connectivity index (χ3v) is 32.0. The lowest BCUT2D eigenvalue weighted by Gasteiger charge is -2.32. The second kappa shape index (κ2) is 58.4. The Morgan fingerprint density at radius 1 is 0.346 bits per heavy atom. The fraction of sp³-hybridized carbons (Fsp3) is 0.568. The summed E-state index contributed by atoms with van der Waals surface area (Å²) in [5.74, 6) is -0.647. The van der Waals surface area contributed by atoms with E-state index in [1.165, 1.54) is 79.2 Å².